The van der Waals surface area contributed by atoms with Crippen molar-refractivity contribution in [1.82, 2.24) is 15.2 Å². The van der Waals surface area contributed by atoms with Gasteiger partial charge in [-0.25, -0.2) is 0 Å². The summed E-state index contributed by atoms with van der Waals surface area (Å²) in [4.78, 5) is 17.5. The molecule has 5 nitrogen and oxygen atoms in total. The number of likely N-dealkylation sites (tertiary alicyclic amines) is 1. The Morgan fingerprint density at radius 3 is 3.05 bits per heavy atom. The van der Waals surface area contributed by atoms with E-state index in [1.807, 2.05) is 24.3 Å². The first kappa shape index (κ1) is 12.0. The van der Waals surface area contributed by atoms with Crippen LogP contribution in [-0.2, 0) is 0 Å². The average molecular weight is 258 g/mol. The normalized spacial score (nSPS) is 19.9. The maximum Gasteiger partial charge on any atom is 0.267 e. The second kappa shape index (κ2) is 4.59. The maximum atomic E-state index is 12.2. The number of carbonyl (C=O) groups excluding carboxylic acids is 1. The molecule has 1 aliphatic heterocycles. The summed E-state index contributed by atoms with van der Waals surface area (Å²) >= 11 is 0. The molecule has 1 unspecified atom stereocenters. The molecule has 3 rings (SSSR count). The lowest BCUT2D eigenvalue weighted by Gasteiger charge is -2.11. The third-order valence-electron chi connectivity index (χ3n) is 3.66. The van der Waals surface area contributed by atoms with E-state index < -0.39 is 0 Å². The molecule has 2 heterocycles. The van der Waals surface area contributed by atoms with Gasteiger partial charge in [0.15, 0.2) is 0 Å². The standard InChI is InChI=1S/C14H18N4O/c1-18-6-5-10(8-18)16-14(19)12-7-9-3-2-4-11(15)13(9)17-12/h2-4,7,10,17H,5-6,8,15H2,1H3,(H,16,19). The van der Waals surface area contributed by atoms with E-state index in [-0.39, 0.29) is 11.9 Å². The molecule has 0 saturated carbocycles. The molecule has 0 aliphatic carbocycles. The predicted octanol–water partition coefficient (Wildman–Crippen LogP) is 1.18. The number of rotatable bonds is 2. The van der Waals surface area contributed by atoms with Gasteiger partial charge in [-0.1, -0.05) is 12.1 Å². The molecular formula is C14H18N4O. The fourth-order valence-corrected chi connectivity index (χ4v) is 2.62. The molecule has 1 aliphatic rings. The van der Waals surface area contributed by atoms with Crippen molar-refractivity contribution in [1.29, 1.82) is 0 Å². The van der Waals surface area contributed by atoms with Gasteiger partial charge in [-0.05, 0) is 32.1 Å². The van der Waals surface area contributed by atoms with Gasteiger partial charge in [-0.2, -0.15) is 0 Å². The summed E-state index contributed by atoms with van der Waals surface area (Å²) in [6, 6.07) is 7.74. The number of anilines is 1. The Hall–Kier alpha value is -2.01. The smallest absolute Gasteiger partial charge is 0.267 e. The van der Waals surface area contributed by atoms with Gasteiger partial charge in [0.2, 0.25) is 0 Å². The van der Waals surface area contributed by atoms with Gasteiger partial charge in [0.05, 0.1) is 11.2 Å². The van der Waals surface area contributed by atoms with E-state index in [1.165, 1.54) is 0 Å². The number of hydrogen-bond donors (Lipinski definition) is 3. The van der Waals surface area contributed by atoms with Crippen LogP contribution in [0.25, 0.3) is 10.9 Å². The van der Waals surface area contributed by atoms with Crippen LogP contribution < -0.4 is 11.1 Å². The number of para-hydroxylation sites is 1. The summed E-state index contributed by atoms with van der Waals surface area (Å²) in [5.74, 6) is -0.0594. The molecule has 1 saturated heterocycles. The summed E-state index contributed by atoms with van der Waals surface area (Å²) in [5, 5.41) is 4.02. The van der Waals surface area contributed by atoms with E-state index in [9.17, 15) is 4.79 Å². The van der Waals surface area contributed by atoms with Crippen molar-refractivity contribution in [2.24, 2.45) is 0 Å². The number of fused-ring (bicyclic) bond motifs is 1. The van der Waals surface area contributed by atoms with Crippen LogP contribution in [0.5, 0.6) is 0 Å². The number of aromatic amines is 1. The number of nitrogen functional groups attached to an aromatic ring is 1. The van der Waals surface area contributed by atoms with E-state index in [0.29, 0.717) is 11.4 Å². The maximum absolute atomic E-state index is 12.2. The van der Waals surface area contributed by atoms with Crippen molar-refractivity contribution < 1.29 is 4.79 Å². The van der Waals surface area contributed by atoms with Crippen LogP contribution in [0.2, 0.25) is 0 Å². The minimum Gasteiger partial charge on any atom is -0.397 e. The average Bonchev–Trinajstić information content (AvgIpc) is 2.96. The quantitative estimate of drug-likeness (QED) is 0.708. The Balaban J connectivity index is 1.80. The van der Waals surface area contributed by atoms with Gasteiger partial charge >= 0.3 is 0 Å². The lowest BCUT2D eigenvalue weighted by atomic mass is 10.2. The number of nitrogens with one attached hydrogen (secondary N) is 2. The van der Waals surface area contributed by atoms with Crippen molar-refractivity contribution in [3.63, 3.8) is 0 Å². The zero-order chi connectivity index (χ0) is 13.4. The molecule has 0 bridgehead atoms. The van der Waals surface area contributed by atoms with Crippen LogP contribution in [0.3, 0.4) is 0 Å². The summed E-state index contributed by atoms with van der Waals surface area (Å²) in [6.45, 7) is 1.94. The molecule has 19 heavy (non-hydrogen) atoms. The van der Waals surface area contributed by atoms with E-state index in [0.717, 1.165) is 30.4 Å². The number of hydrogen-bond acceptors (Lipinski definition) is 3. The second-order valence-electron chi connectivity index (χ2n) is 5.22. The number of nitrogens with two attached hydrogens (primary N) is 1. The van der Waals surface area contributed by atoms with E-state index in [2.05, 4.69) is 22.2 Å². The number of H-pyrrole nitrogens is 1. The summed E-state index contributed by atoms with van der Waals surface area (Å²) in [6.07, 6.45) is 1.00. The van der Waals surface area contributed by atoms with Gasteiger partial charge in [0, 0.05) is 18.0 Å². The van der Waals surface area contributed by atoms with Gasteiger partial charge < -0.3 is 20.9 Å². The number of nitrogens with zero attached hydrogens (tertiary/aromatic N) is 1. The van der Waals surface area contributed by atoms with Gasteiger partial charge in [-0.15, -0.1) is 0 Å². The van der Waals surface area contributed by atoms with Crippen LogP contribution in [-0.4, -0.2) is 42.0 Å². The topological polar surface area (TPSA) is 74.2 Å². The molecule has 100 valence electrons. The Kier molecular flexibility index (Phi) is 2.91. The van der Waals surface area contributed by atoms with Crippen molar-refractivity contribution in [2.75, 3.05) is 25.9 Å². The summed E-state index contributed by atoms with van der Waals surface area (Å²) in [7, 11) is 2.07. The van der Waals surface area contributed by atoms with Crippen LogP contribution in [0.4, 0.5) is 5.69 Å². The Morgan fingerprint density at radius 2 is 2.37 bits per heavy atom. The van der Waals surface area contributed by atoms with Gasteiger partial charge in [0.25, 0.3) is 5.91 Å². The van der Waals surface area contributed by atoms with Crippen LogP contribution in [0.1, 0.15) is 16.9 Å². The van der Waals surface area contributed by atoms with Gasteiger partial charge in [-0.3, -0.25) is 4.79 Å². The molecule has 1 atom stereocenters. The van der Waals surface area contributed by atoms with Crippen LogP contribution in [0, 0.1) is 0 Å². The van der Waals surface area contributed by atoms with Crippen molar-refractivity contribution in [3.8, 4) is 0 Å². The lowest BCUT2D eigenvalue weighted by molar-refractivity contribution is 0.0934. The molecule has 2 aromatic rings. The highest BCUT2D eigenvalue weighted by atomic mass is 16.1. The van der Waals surface area contributed by atoms with Crippen molar-refractivity contribution >= 4 is 22.5 Å². The minimum atomic E-state index is -0.0594. The lowest BCUT2D eigenvalue weighted by Crippen LogP contribution is -2.36. The van der Waals surface area contributed by atoms with Crippen molar-refractivity contribution in [2.45, 2.75) is 12.5 Å². The zero-order valence-corrected chi connectivity index (χ0v) is 10.9. The number of likely N-dealkylation sites (N-methyl/N-ethyl adjacent to an activating group) is 1. The SMILES string of the molecule is CN1CCC(NC(=O)c2cc3cccc(N)c3[nH]2)C1. The van der Waals surface area contributed by atoms with Crippen LogP contribution >= 0.6 is 0 Å². The first-order valence-electron chi connectivity index (χ1n) is 6.50. The molecule has 5 heteroatoms. The van der Waals surface area contributed by atoms with E-state index in [4.69, 9.17) is 5.73 Å². The fraction of sp³-hybridized carbons (Fsp3) is 0.357. The van der Waals surface area contributed by atoms with Crippen molar-refractivity contribution in [3.05, 3.63) is 30.0 Å². The summed E-state index contributed by atoms with van der Waals surface area (Å²) in [5.41, 5.74) is 7.95. The molecule has 4 N–H and O–H groups in total. The zero-order valence-electron chi connectivity index (χ0n) is 10.9. The Labute approximate surface area is 111 Å². The number of amides is 1. The Bertz CT molecular complexity index is 619. The monoisotopic (exact) mass is 258 g/mol. The predicted molar refractivity (Wildman–Crippen MR) is 76.1 cm³/mol. The number of aromatic nitrogens is 1. The summed E-state index contributed by atoms with van der Waals surface area (Å²) < 4.78 is 0. The molecular weight excluding hydrogens is 240 g/mol. The highest BCUT2D eigenvalue weighted by molar-refractivity contribution is 6.00. The molecule has 0 radical (unpaired) electrons. The first-order chi connectivity index (χ1) is 9.13. The minimum absolute atomic E-state index is 0.0594. The van der Waals surface area contributed by atoms with Gasteiger partial charge in [0.1, 0.15) is 5.69 Å². The third-order valence-corrected chi connectivity index (χ3v) is 3.66. The van der Waals surface area contributed by atoms with Crippen LogP contribution in [0.15, 0.2) is 24.3 Å². The molecule has 1 aromatic heterocycles. The second-order valence-corrected chi connectivity index (χ2v) is 5.22. The molecule has 1 fully saturated rings. The largest absolute Gasteiger partial charge is 0.397 e. The molecule has 1 aromatic carbocycles. The van der Waals surface area contributed by atoms with E-state index in [1.54, 1.807) is 0 Å². The number of carbonyl (C=O) groups is 1. The highest BCUT2D eigenvalue weighted by Crippen LogP contribution is 2.21. The third kappa shape index (κ3) is 2.29. The molecule has 1 amide bonds. The van der Waals surface area contributed by atoms with E-state index >= 15 is 0 Å². The fourth-order valence-electron chi connectivity index (χ4n) is 2.62. The Morgan fingerprint density at radius 1 is 1.53 bits per heavy atom. The molecule has 0 spiro atoms. The first-order valence-corrected chi connectivity index (χ1v) is 6.50. The number of benzene rings is 1. The highest BCUT2D eigenvalue weighted by Gasteiger charge is 2.22.